The van der Waals surface area contributed by atoms with Crippen LogP contribution in [0.15, 0.2) is 30.6 Å². The number of likely N-dealkylation sites (tertiary alicyclic amines) is 1. The van der Waals surface area contributed by atoms with Crippen molar-refractivity contribution in [1.82, 2.24) is 19.9 Å². The lowest BCUT2D eigenvalue weighted by molar-refractivity contribution is -0.142. The number of carbonyl (C=O) groups is 1. The monoisotopic (exact) mass is 618 g/mol. The standard InChI is InChI=1S/C30H37F3N6O3S/c1-3-22-5-4-12-39(22)18-25-27(20-6-7-24(42-2)23(15-20)30(31,32)33)37-29(43-25)34-11-8-21-16-36-26(17-35-21)38-13-9-19(10-14-38)28(40)41/h6-7,15-17,19,22H,3-5,8-14,18H2,1-2H3,(H,34,37)(H,40,41)/t22-/m1/s1. The average Bonchev–Trinajstić information content (AvgIpc) is 3.63. The lowest BCUT2D eigenvalue weighted by Crippen LogP contribution is -2.36. The number of nitrogens with zero attached hydrogens (tertiary/aromatic N) is 5. The molecule has 3 aromatic rings. The van der Waals surface area contributed by atoms with Gasteiger partial charge in [-0.05, 0) is 56.8 Å². The van der Waals surface area contributed by atoms with Crippen molar-refractivity contribution in [1.29, 1.82) is 0 Å². The van der Waals surface area contributed by atoms with Crippen molar-refractivity contribution < 1.29 is 27.8 Å². The summed E-state index contributed by atoms with van der Waals surface area (Å²) in [5.74, 6) is -0.529. The molecule has 0 radical (unpaired) electrons. The van der Waals surface area contributed by atoms with Crippen LogP contribution in [0.2, 0.25) is 0 Å². The summed E-state index contributed by atoms with van der Waals surface area (Å²) in [7, 11) is 1.24. The van der Waals surface area contributed by atoms with Crippen LogP contribution in [0, 0.1) is 5.92 Å². The van der Waals surface area contributed by atoms with Crippen LogP contribution in [-0.2, 0) is 23.9 Å². The SMILES string of the molecule is CC[C@@H]1CCCN1Cc1sc(NCCc2cnc(N3CCC(C(=O)O)CC3)cn2)nc1-c1ccc(OC)c(C(F)(F)F)c1. The predicted molar refractivity (Wildman–Crippen MR) is 160 cm³/mol. The Morgan fingerprint density at radius 1 is 1.16 bits per heavy atom. The fourth-order valence-electron chi connectivity index (χ4n) is 5.88. The summed E-state index contributed by atoms with van der Waals surface area (Å²) in [6.07, 6.45) is 3.92. The Morgan fingerprint density at radius 3 is 2.60 bits per heavy atom. The molecule has 2 N–H and O–H groups in total. The van der Waals surface area contributed by atoms with E-state index < -0.39 is 17.7 Å². The maximum atomic E-state index is 13.8. The summed E-state index contributed by atoms with van der Waals surface area (Å²) < 4.78 is 46.4. The molecule has 0 unspecified atom stereocenters. The molecule has 4 heterocycles. The molecular weight excluding hydrogens is 581 g/mol. The Labute approximate surface area is 253 Å². The summed E-state index contributed by atoms with van der Waals surface area (Å²) in [5, 5.41) is 13.2. The predicted octanol–water partition coefficient (Wildman–Crippen LogP) is 5.96. The summed E-state index contributed by atoms with van der Waals surface area (Å²) >= 11 is 1.47. The van der Waals surface area contributed by atoms with E-state index in [2.05, 4.69) is 32.0 Å². The second-order valence-electron chi connectivity index (χ2n) is 11.0. The number of anilines is 2. The summed E-state index contributed by atoms with van der Waals surface area (Å²) in [4.78, 5) is 30.4. The molecule has 0 aliphatic carbocycles. The first kappa shape index (κ1) is 31.0. The van der Waals surface area contributed by atoms with Crippen molar-refractivity contribution >= 4 is 28.3 Å². The van der Waals surface area contributed by atoms with E-state index in [1.807, 2.05) is 0 Å². The van der Waals surface area contributed by atoms with Crippen LogP contribution >= 0.6 is 11.3 Å². The Kier molecular flexibility index (Phi) is 9.70. The first-order chi connectivity index (χ1) is 20.7. The fraction of sp³-hybridized carbons (Fsp3) is 0.533. The van der Waals surface area contributed by atoms with E-state index in [9.17, 15) is 23.1 Å². The number of benzene rings is 1. The van der Waals surface area contributed by atoms with E-state index in [-0.39, 0.29) is 11.7 Å². The number of rotatable bonds is 11. The van der Waals surface area contributed by atoms with Gasteiger partial charge in [0, 0.05) is 49.1 Å². The first-order valence-corrected chi connectivity index (χ1v) is 15.5. The number of alkyl halides is 3. The number of halogens is 3. The van der Waals surface area contributed by atoms with Gasteiger partial charge in [0.25, 0.3) is 0 Å². The third-order valence-corrected chi connectivity index (χ3v) is 9.31. The topological polar surface area (TPSA) is 104 Å². The van der Waals surface area contributed by atoms with Gasteiger partial charge in [0.2, 0.25) is 0 Å². The quantitative estimate of drug-likeness (QED) is 0.270. The molecule has 13 heteroatoms. The van der Waals surface area contributed by atoms with Crippen LogP contribution in [-0.4, -0.2) is 70.3 Å². The minimum atomic E-state index is -4.55. The maximum Gasteiger partial charge on any atom is 0.419 e. The Hall–Kier alpha value is -3.45. The number of piperidine rings is 1. The molecule has 5 rings (SSSR count). The Balaban J connectivity index is 1.28. The summed E-state index contributed by atoms with van der Waals surface area (Å²) in [6.45, 7) is 5.56. The molecule has 43 heavy (non-hydrogen) atoms. The maximum absolute atomic E-state index is 13.8. The number of aliphatic carboxylic acids is 1. The molecule has 2 aliphatic heterocycles. The van der Waals surface area contributed by atoms with Gasteiger partial charge in [-0.15, -0.1) is 11.3 Å². The number of nitrogens with one attached hydrogen (secondary N) is 1. The third kappa shape index (κ3) is 7.38. The molecule has 9 nitrogen and oxygen atoms in total. The molecule has 2 saturated heterocycles. The number of hydrogen-bond acceptors (Lipinski definition) is 9. The molecule has 2 aliphatic rings. The zero-order valence-electron chi connectivity index (χ0n) is 24.4. The van der Waals surface area contributed by atoms with Crippen molar-refractivity contribution in [2.45, 2.75) is 64.2 Å². The molecule has 2 aromatic heterocycles. The summed E-state index contributed by atoms with van der Waals surface area (Å²) in [6, 6.07) is 4.58. The number of hydrogen-bond donors (Lipinski definition) is 2. The van der Waals surface area contributed by atoms with Crippen molar-refractivity contribution in [3.63, 3.8) is 0 Å². The van der Waals surface area contributed by atoms with Crippen LogP contribution in [0.3, 0.4) is 0 Å². The van der Waals surface area contributed by atoms with Crippen LogP contribution in [0.25, 0.3) is 11.3 Å². The van der Waals surface area contributed by atoms with Gasteiger partial charge in [0.15, 0.2) is 5.13 Å². The van der Waals surface area contributed by atoms with E-state index in [0.717, 1.165) is 48.3 Å². The number of carboxylic acids is 1. The number of thiazole rings is 1. The highest BCUT2D eigenvalue weighted by atomic mass is 32.1. The van der Waals surface area contributed by atoms with Crippen LogP contribution < -0.4 is 15.0 Å². The van der Waals surface area contributed by atoms with Gasteiger partial charge in [-0.1, -0.05) is 6.92 Å². The van der Waals surface area contributed by atoms with E-state index in [1.54, 1.807) is 18.5 Å². The smallest absolute Gasteiger partial charge is 0.419 e. The largest absolute Gasteiger partial charge is 0.496 e. The molecule has 232 valence electrons. The highest BCUT2D eigenvalue weighted by Gasteiger charge is 2.35. The first-order valence-electron chi connectivity index (χ1n) is 14.7. The molecule has 0 spiro atoms. The fourth-order valence-corrected chi connectivity index (χ4v) is 6.92. The van der Waals surface area contributed by atoms with Crippen LogP contribution in [0.5, 0.6) is 5.75 Å². The van der Waals surface area contributed by atoms with E-state index >= 15 is 0 Å². The normalized spacial score (nSPS) is 18.3. The minimum Gasteiger partial charge on any atom is -0.496 e. The average molecular weight is 619 g/mol. The molecule has 0 amide bonds. The van der Waals surface area contributed by atoms with E-state index in [4.69, 9.17) is 9.72 Å². The van der Waals surface area contributed by atoms with Crippen molar-refractivity contribution in [3.05, 3.63) is 46.7 Å². The molecule has 1 aromatic carbocycles. The molecular formula is C30H37F3N6O3S. The third-order valence-electron chi connectivity index (χ3n) is 8.31. The van der Waals surface area contributed by atoms with Crippen LogP contribution in [0.1, 0.15) is 55.2 Å². The number of carboxylic acid groups (broad SMARTS) is 1. The van der Waals surface area contributed by atoms with E-state index in [0.29, 0.717) is 67.9 Å². The van der Waals surface area contributed by atoms with Gasteiger partial charge in [-0.3, -0.25) is 14.7 Å². The Morgan fingerprint density at radius 2 is 1.95 bits per heavy atom. The Bertz CT molecular complexity index is 1390. The zero-order chi connectivity index (χ0) is 30.6. The second-order valence-corrected chi connectivity index (χ2v) is 12.1. The lowest BCUT2D eigenvalue weighted by Gasteiger charge is -2.30. The molecule has 0 bridgehead atoms. The zero-order valence-corrected chi connectivity index (χ0v) is 25.2. The van der Waals surface area contributed by atoms with Crippen LogP contribution in [0.4, 0.5) is 24.1 Å². The summed E-state index contributed by atoms with van der Waals surface area (Å²) in [5.41, 5.74) is 0.940. The van der Waals surface area contributed by atoms with Gasteiger partial charge in [0.1, 0.15) is 11.6 Å². The number of ether oxygens (including phenoxy) is 1. The molecule has 1 atom stereocenters. The highest BCUT2D eigenvalue weighted by Crippen LogP contribution is 2.41. The number of aromatic nitrogens is 3. The van der Waals surface area contributed by atoms with Crippen molar-refractivity contribution in [2.75, 3.05) is 43.5 Å². The van der Waals surface area contributed by atoms with Gasteiger partial charge >= 0.3 is 12.1 Å². The molecule has 0 saturated carbocycles. The number of methoxy groups -OCH3 is 1. The lowest BCUT2D eigenvalue weighted by atomic mass is 9.97. The highest BCUT2D eigenvalue weighted by molar-refractivity contribution is 7.16. The minimum absolute atomic E-state index is 0.214. The van der Waals surface area contributed by atoms with Gasteiger partial charge in [-0.25, -0.2) is 9.97 Å². The van der Waals surface area contributed by atoms with Gasteiger partial charge in [-0.2, -0.15) is 13.2 Å². The van der Waals surface area contributed by atoms with Gasteiger partial charge in [0.05, 0.1) is 42.4 Å². The molecule has 2 fully saturated rings. The van der Waals surface area contributed by atoms with Gasteiger partial charge < -0.3 is 20.1 Å². The van der Waals surface area contributed by atoms with E-state index in [1.165, 1.54) is 24.5 Å². The van der Waals surface area contributed by atoms with Crippen molar-refractivity contribution in [2.24, 2.45) is 5.92 Å². The second kappa shape index (κ2) is 13.5. The van der Waals surface area contributed by atoms with Crippen molar-refractivity contribution in [3.8, 4) is 17.0 Å².